The molecule has 0 saturated carbocycles. The van der Waals surface area contributed by atoms with Gasteiger partial charge in [-0.3, -0.25) is 0 Å². The minimum absolute atomic E-state index is 0.480. The van der Waals surface area contributed by atoms with Gasteiger partial charge < -0.3 is 0 Å². The van der Waals surface area contributed by atoms with Crippen LogP contribution >= 0.6 is 22.6 Å². The van der Waals surface area contributed by atoms with E-state index in [0.29, 0.717) is 6.92 Å². The quantitative estimate of drug-likeness (QED) is 0.217. The predicted molar refractivity (Wildman–Crippen MR) is 68.5 cm³/mol. The van der Waals surface area contributed by atoms with Gasteiger partial charge in [-0.25, -0.2) is 0 Å². The van der Waals surface area contributed by atoms with Crippen LogP contribution in [-0.2, 0) is 0 Å². The van der Waals surface area contributed by atoms with E-state index >= 15 is 0 Å². The van der Waals surface area contributed by atoms with Gasteiger partial charge in [0.25, 0.3) is 0 Å². The first-order chi connectivity index (χ1) is 12.2. The second-order valence-electron chi connectivity index (χ2n) is 5.30. The molecule has 0 fully saturated rings. The van der Waals surface area contributed by atoms with Crippen LogP contribution < -0.4 is 0 Å². The predicted octanol–water partition coefficient (Wildman–Crippen LogP) is 7.33. The van der Waals surface area contributed by atoms with Crippen molar-refractivity contribution in [3.05, 3.63) is 9.66 Å². The van der Waals surface area contributed by atoms with Crippen molar-refractivity contribution in [1.82, 2.24) is 0 Å². The van der Waals surface area contributed by atoms with Crippen LogP contribution in [0, 0.1) is 0 Å². The van der Waals surface area contributed by atoms with E-state index in [2.05, 4.69) is 0 Å². The van der Waals surface area contributed by atoms with Crippen molar-refractivity contribution in [2.75, 3.05) is 0 Å². The number of alkyl halides is 17. The second-order valence-corrected chi connectivity index (χ2v) is 7.00. The number of halogens is 18. The molecule has 18 heteroatoms. The summed E-state index contributed by atoms with van der Waals surface area (Å²) >= 11 is 0.728. The van der Waals surface area contributed by atoms with Crippen molar-refractivity contribution in [3.8, 4) is 0 Å². The molecule has 0 aromatic rings. The lowest BCUT2D eigenvalue weighted by molar-refractivity contribution is -0.459. The lowest BCUT2D eigenvalue weighted by Gasteiger charge is -2.42. The fourth-order valence-corrected chi connectivity index (χ4v) is 1.91. The van der Waals surface area contributed by atoms with Crippen molar-refractivity contribution in [3.63, 3.8) is 0 Å². The molecule has 0 unspecified atom stereocenters. The van der Waals surface area contributed by atoms with Gasteiger partial charge in [-0.15, -0.1) is 0 Å². The molecular formula is C11H4F17I. The van der Waals surface area contributed by atoms with Gasteiger partial charge >= 0.3 is 47.6 Å². The Kier molecular flexibility index (Phi) is 6.99. The van der Waals surface area contributed by atoms with Crippen LogP contribution in [0.2, 0.25) is 0 Å². The lowest BCUT2D eigenvalue weighted by Crippen LogP contribution is -2.74. The topological polar surface area (TPSA) is 0 Å². The van der Waals surface area contributed by atoms with E-state index in [4.69, 9.17) is 0 Å². The fraction of sp³-hybridized carbons (Fsp3) is 0.818. The number of rotatable bonds is 7. The highest BCUT2D eigenvalue weighted by Gasteiger charge is 2.95. The zero-order valence-corrected chi connectivity index (χ0v) is 15.0. The fourth-order valence-electron chi connectivity index (χ4n) is 1.52. The molecule has 0 atom stereocenters. The molecule has 0 aliphatic rings. The zero-order valence-electron chi connectivity index (χ0n) is 12.9. The molecule has 0 radical (unpaired) electrons. The molecule has 0 nitrogen and oxygen atoms in total. The van der Waals surface area contributed by atoms with Gasteiger partial charge in [0.05, 0.1) is 0 Å². The molecule has 0 bridgehead atoms. The van der Waals surface area contributed by atoms with Gasteiger partial charge in [0, 0.05) is 0 Å². The minimum Gasteiger partial charge on any atom is -0.195 e. The molecule has 0 aromatic carbocycles. The van der Waals surface area contributed by atoms with Crippen LogP contribution in [0.3, 0.4) is 0 Å². The third-order valence-electron chi connectivity index (χ3n) is 3.13. The SMILES string of the molecule is CC(I)=CC(F)(F)C(F)(F)C(F)(F)C(F)(F)C(F)(F)C(F)(F)C(F)(F)C(F)(F)F. The molecule has 0 amide bonds. The molecule has 0 N–H and O–H groups in total. The summed E-state index contributed by atoms with van der Waals surface area (Å²) < 4.78 is 218. The van der Waals surface area contributed by atoms with E-state index in [1.807, 2.05) is 0 Å². The van der Waals surface area contributed by atoms with Gasteiger partial charge in [-0.2, -0.15) is 74.6 Å². The maximum absolute atomic E-state index is 13.3. The summed E-state index contributed by atoms with van der Waals surface area (Å²) in [5.41, 5.74) is 0. The Morgan fingerprint density at radius 2 is 0.724 bits per heavy atom. The summed E-state index contributed by atoms with van der Waals surface area (Å²) in [5, 5.41) is 0. The summed E-state index contributed by atoms with van der Waals surface area (Å²) in [5.74, 6) is -56.1. The average Bonchev–Trinajstić information content (AvgIpc) is 2.43. The van der Waals surface area contributed by atoms with Crippen LogP contribution in [-0.4, -0.2) is 47.6 Å². The summed E-state index contributed by atoms with van der Waals surface area (Å²) in [6.07, 6.45) is -8.93. The zero-order chi connectivity index (χ0) is 24.3. The normalized spacial score (nSPS) is 17.0. The number of allylic oxidation sites excluding steroid dienone is 2. The highest BCUT2D eigenvalue weighted by molar-refractivity contribution is 14.1. The molecule has 0 aliphatic heterocycles. The summed E-state index contributed by atoms with van der Waals surface area (Å²) in [6.45, 7) is 0.480. The van der Waals surface area contributed by atoms with Crippen molar-refractivity contribution in [2.45, 2.75) is 54.6 Å². The molecule has 174 valence electrons. The van der Waals surface area contributed by atoms with Gasteiger partial charge in [0.15, 0.2) is 0 Å². The molecule has 29 heavy (non-hydrogen) atoms. The van der Waals surface area contributed by atoms with E-state index < -0.39 is 57.3 Å². The minimum atomic E-state index is -8.59. The summed E-state index contributed by atoms with van der Waals surface area (Å²) in [7, 11) is 0. The van der Waals surface area contributed by atoms with Gasteiger partial charge in [0.2, 0.25) is 0 Å². The van der Waals surface area contributed by atoms with Gasteiger partial charge in [-0.1, -0.05) is 0 Å². The van der Waals surface area contributed by atoms with E-state index in [9.17, 15) is 74.6 Å². The Balaban J connectivity index is 6.77. The number of hydrogen-bond acceptors (Lipinski definition) is 0. The summed E-state index contributed by atoms with van der Waals surface area (Å²) in [4.78, 5) is 0. The van der Waals surface area contributed by atoms with E-state index in [0.717, 1.165) is 22.6 Å². The Hall–Kier alpha value is -0.720. The van der Waals surface area contributed by atoms with Crippen molar-refractivity contribution in [1.29, 1.82) is 0 Å². The monoisotopic (exact) mass is 586 g/mol. The Morgan fingerprint density at radius 3 is 0.966 bits per heavy atom. The first-order valence-electron chi connectivity index (χ1n) is 6.23. The molecule has 0 aromatic heterocycles. The summed E-state index contributed by atoms with van der Waals surface area (Å²) in [6, 6.07) is 0. The van der Waals surface area contributed by atoms with E-state index in [1.54, 1.807) is 0 Å². The number of hydrogen-bond donors (Lipinski definition) is 0. The first-order valence-corrected chi connectivity index (χ1v) is 7.31. The Morgan fingerprint density at radius 1 is 0.483 bits per heavy atom. The third kappa shape index (κ3) is 3.85. The standard InChI is InChI=1S/C11H4F17I/c1-3(29)2-4(12,13)5(14,15)6(16,17)7(18,19)8(20,21)9(22,23)10(24,25)11(26,27)28/h2H,1H3. The third-order valence-corrected chi connectivity index (χ3v) is 3.44. The van der Waals surface area contributed by atoms with Gasteiger partial charge in [0.1, 0.15) is 0 Å². The lowest BCUT2D eigenvalue weighted by atomic mass is 9.89. The van der Waals surface area contributed by atoms with E-state index in [1.165, 1.54) is 0 Å². The smallest absolute Gasteiger partial charge is 0.195 e. The van der Waals surface area contributed by atoms with Crippen LogP contribution in [0.1, 0.15) is 6.92 Å². The van der Waals surface area contributed by atoms with Crippen LogP contribution in [0.25, 0.3) is 0 Å². The largest absolute Gasteiger partial charge is 0.460 e. The first kappa shape index (κ1) is 28.3. The van der Waals surface area contributed by atoms with E-state index in [-0.39, 0.29) is 0 Å². The Labute approximate surface area is 162 Å². The molecule has 0 aliphatic carbocycles. The van der Waals surface area contributed by atoms with Crippen LogP contribution in [0.4, 0.5) is 74.6 Å². The molecule has 0 heterocycles. The maximum Gasteiger partial charge on any atom is 0.460 e. The Bertz CT molecular complexity index is 636. The highest BCUT2D eigenvalue weighted by Crippen LogP contribution is 2.64. The average molecular weight is 586 g/mol. The molecular weight excluding hydrogens is 582 g/mol. The van der Waals surface area contributed by atoms with Gasteiger partial charge in [-0.05, 0) is 39.2 Å². The molecule has 0 saturated heterocycles. The molecule has 0 rings (SSSR count). The molecule has 0 spiro atoms. The van der Waals surface area contributed by atoms with Crippen molar-refractivity contribution in [2.24, 2.45) is 0 Å². The second kappa shape index (κ2) is 7.16. The maximum atomic E-state index is 13.3. The van der Waals surface area contributed by atoms with Crippen LogP contribution in [0.5, 0.6) is 0 Å². The van der Waals surface area contributed by atoms with Crippen molar-refractivity contribution >= 4 is 22.6 Å². The van der Waals surface area contributed by atoms with Crippen LogP contribution in [0.15, 0.2) is 9.66 Å². The van der Waals surface area contributed by atoms with Crippen molar-refractivity contribution < 1.29 is 74.6 Å². The highest BCUT2D eigenvalue weighted by atomic mass is 127.